The first-order chi connectivity index (χ1) is 6.65. The van der Waals surface area contributed by atoms with E-state index >= 15 is 0 Å². The second kappa shape index (κ2) is 3.13. The van der Waals surface area contributed by atoms with Crippen LogP contribution < -0.4 is 11.0 Å². The lowest BCUT2D eigenvalue weighted by molar-refractivity contribution is 0.0690. The Morgan fingerprint density at radius 3 is 2.93 bits per heavy atom. The Kier molecular flexibility index (Phi) is 1.95. The van der Waals surface area contributed by atoms with Gasteiger partial charge in [0.15, 0.2) is 0 Å². The zero-order valence-electron chi connectivity index (χ0n) is 7.28. The van der Waals surface area contributed by atoms with E-state index in [-0.39, 0.29) is 5.69 Å². The van der Waals surface area contributed by atoms with E-state index in [1.54, 1.807) is 0 Å². The first-order valence-electron chi connectivity index (χ1n) is 4.26. The predicted octanol–water partition coefficient (Wildman–Crippen LogP) is 0.0424. The van der Waals surface area contributed by atoms with Crippen LogP contribution in [0.25, 0.3) is 0 Å². The number of aromatic carboxylic acids is 1. The van der Waals surface area contributed by atoms with Gasteiger partial charge in [0.25, 0.3) is 0 Å². The number of aromatic amines is 1. The third kappa shape index (κ3) is 1.90. The van der Waals surface area contributed by atoms with Crippen LogP contribution in [0, 0.1) is 0 Å². The first kappa shape index (κ1) is 8.74. The van der Waals surface area contributed by atoms with Crippen molar-refractivity contribution in [1.82, 2.24) is 9.97 Å². The Morgan fingerprint density at radius 2 is 2.36 bits per heavy atom. The van der Waals surface area contributed by atoms with Crippen LogP contribution in [0.3, 0.4) is 0 Å². The highest BCUT2D eigenvalue weighted by atomic mass is 16.4. The van der Waals surface area contributed by atoms with E-state index in [1.165, 1.54) is 6.07 Å². The molecule has 0 aromatic carbocycles. The minimum absolute atomic E-state index is 0.145. The van der Waals surface area contributed by atoms with Crippen molar-refractivity contribution in [2.75, 3.05) is 5.32 Å². The number of rotatable bonds is 3. The minimum atomic E-state index is -1.16. The summed E-state index contributed by atoms with van der Waals surface area (Å²) in [6, 6.07) is 1.66. The van der Waals surface area contributed by atoms with Crippen LogP contribution in [-0.4, -0.2) is 27.1 Å². The third-order valence-corrected chi connectivity index (χ3v) is 1.90. The number of hydrogen-bond acceptors (Lipinski definition) is 4. The van der Waals surface area contributed by atoms with E-state index in [0.717, 1.165) is 12.8 Å². The smallest absolute Gasteiger partial charge is 0.352 e. The number of carbonyl (C=O) groups is 1. The maximum Gasteiger partial charge on any atom is 0.352 e. The number of nitrogens with one attached hydrogen (secondary N) is 2. The van der Waals surface area contributed by atoms with E-state index in [4.69, 9.17) is 5.11 Å². The van der Waals surface area contributed by atoms with Gasteiger partial charge in [-0.15, -0.1) is 0 Å². The van der Waals surface area contributed by atoms with Crippen molar-refractivity contribution < 1.29 is 9.90 Å². The highest BCUT2D eigenvalue weighted by Gasteiger charge is 2.21. The molecule has 0 saturated heterocycles. The molecule has 2 rings (SSSR count). The van der Waals surface area contributed by atoms with Crippen LogP contribution in [0.5, 0.6) is 0 Å². The van der Waals surface area contributed by atoms with Gasteiger partial charge in [-0.1, -0.05) is 0 Å². The number of carboxylic acids is 1. The van der Waals surface area contributed by atoms with Gasteiger partial charge in [-0.25, -0.2) is 9.59 Å². The summed E-state index contributed by atoms with van der Waals surface area (Å²) in [5.74, 6) is -0.836. The summed E-state index contributed by atoms with van der Waals surface area (Å²) in [5.41, 5.74) is -0.791. The van der Waals surface area contributed by atoms with Crippen LogP contribution in [-0.2, 0) is 0 Å². The lowest BCUT2D eigenvalue weighted by atomic mass is 10.4. The SMILES string of the molecule is O=C(O)c1cc(NC2CC2)nc(=O)[nH]1. The molecule has 0 bridgehead atoms. The Bertz CT molecular complexity index is 422. The molecule has 1 aliphatic carbocycles. The largest absolute Gasteiger partial charge is 0.477 e. The van der Waals surface area contributed by atoms with Gasteiger partial charge in [0, 0.05) is 12.1 Å². The zero-order chi connectivity index (χ0) is 10.1. The topological polar surface area (TPSA) is 95.1 Å². The number of hydrogen-bond donors (Lipinski definition) is 3. The van der Waals surface area contributed by atoms with Crippen molar-refractivity contribution in [2.24, 2.45) is 0 Å². The van der Waals surface area contributed by atoms with Crippen molar-refractivity contribution >= 4 is 11.8 Å². The van der Waals surface area contributed by atoms with Crippen LogP contribution in [0.4, 0.5) is 5.82 Å². The normalized spacial score (nSPS) is 15.1. The molecule has 1 aliphatic rings. The summed E-state index contributed by atoms with van der Waals surface area (Å²) in [6.45, 7) is 0. The zero-order valence-corrected chi connectivity index (χ0v) is 7.28. The second-order valence-electron chi connectivity index (χ2n) is 3.21. The van der Waals surface area contributed by atoms with Gasteiger partial charge in [0.2, 0.25) is 0 Å². The number of aromatic nitrogens is 2. The van der Waals surface area contributed by atoms with Crippen LogP contribution in [0.2, 0.25) is 0 Å². The fourth-order valence-corrected chi connectivity index (χ4v) is 1.08. The maximum absolute atomic E-state index is 10.9. The molecule has 74 valence electrons. The predicted molar refractivity (Wildman–Crippen MR) is 48.5 cm³/mol. The Hall–Kier alpha value is -1.85. The van der Waals surface area contributed by atoms with Gasteiger partial charge < -0.3 is 10.4 Å². The minimum Gasteiger partial charge on any atom is -0.477 e. The van der Waals surface area contributed by atoms with Crippen LogP contribution in [0.1, 0.15) is 23.3 Å². The summed E-state index contributed by atoms with van der Waals surface area (Å²) in [5, 5.41) is 11.6. The van der Waals surface area contributed by atoms with E-state index in [1.807, 2.05) is 0 Å². The molecule has 0 spiro atoms. The van der Waals surface area contributed by atoms with Crippen molar-refractivity contribution in [2.45, 2.75) is 18.9 Å². The fourth-order valence-electron chi connectivity index (χ4n) is 1.08. The molecular weight excluding hydrogens is 186 g/mol. The summed E-state index contributed by atoms with van der Waals surface area (Å²) in [6.07, 6.45) is 2.08. The molecule has 1 aromatic rings. The van der Waals surface area contributed by atoms with Crippen molar-refractivity contribution in [3.63, 3.8) is 0 Å². The molecule has 0 atom stereocenters. The molecule has 0 unspecified atom stereocenters. The highest BCUT2D eigenvalue weighted by Crippen LogP contribution is 2.23. The van der Waals surface area contributed by atoms with E-state index in [0.29, 0.717) is 11.9 Å². The Morgan fingerprint density at radius 1 is 1.64 bits per heavy atom. The quantitative estimate of drug-likeness (QED) is 0.633. The molecule has 1 heterocycles. The maximum atomic E-state index is 10.9. The molecule has 0 radical (unpaired) electrons. The standard InChI is InChI=1S/C8H9N3O3/c12-7(13)5-3-6(9-4-1-2-4)11-8(14)10-5/h3-4H,1-2H2,(H,12,13)(H2,9,10,11,14). The average Bonchev–Trinajstić information content (AvgIpc) is 2.87. The molecular formula is C8H9N3O3. The molecule has 1 saturated carbocycles. The molecule has 1 fully saturated rings. The highest BCUT2D eigenvalue weighted by molar-refractivity contribution is 5.86. The molecule has 6 heteroatoms. The van der Waals surface area contributed by atoms with Crippen LogP contribution in [0.15, 0.2) is 10.9 Å². The number of H-pyrrole nitrogens is 1. The number of nitrogens with zero attached hydrogens (tertiary/aromatic N) is 1. The lowest BCUT2D eigenvalue weighted by Gasteiger charge is -2.02. The van der Waals surface area contributed by atoms with Crippen LogP contribution >= 0.6 is 0 Å². The Balaban J connectivity index is 2.30. The number of anilines is 1. The van der Waals surface area contributed by atoms with Gasteiger partial charge in [0.05, 0.1) is 0 Å². The Labute approximate surface area is 79.0 Å². The summed E-state index contributed by atoms with van der Waals surface area (Å²) < 4.78 is 0. The van der Waals surface area contributed by atoms with Gasteiger partial charge in [-0.2, -0.15) is 4.98 Å². The molecule has 1 aromatic heterocycles. The third-order valence-electron chi connectivity index (χ3n) is 1.90. The van der Waals surface area contributed by atoms with Crippen molar-refractivity contribution in [1.29, 1.82) is 0 Å². The van der Waals surface area contributed by atoms with Gasteiger partial charge in [0.1, 0.15) is 11.5 Å². The van der Waals surface area contributed by atoms with E-state index in [2.05, 4.69) is 15.3 Å². The average molecular weight is 195 g/mol. The summed E-state index contributed by atoms with van der Waals surface area (Å²) in [7, 11) is 0. The van der Waals surface area contributed by atoms with Crippen molar-refractivity contribution in [3.05, 3.63) is 22.2 Å². The number of carboxylic acid groups (broad SMARTS) is 1. The molecule has 14 heavy (non-hydrogen) atoms. The van der Waals surface area contributed by atoms with E-state index < -0.39 is 11.7 Å². The van der Waals surface area contributed by atoms with Gasteiger partial charge in [-0.3, -0.25) is 4.98 Å². The summed E-state index contributed by atoms with van der Waals surface area (Å²) in [4.78, 5) is 27.3. The second-order valence-corrected chi connectivity index (χ2v) is 3.21. The molecule has 3 N–H and O–H groups in total. The lowest BCUT2D eigenvalue weighted by Crippen LogP contribution is -2.18. The van der Waals surface area contributed by atoms with Gasteiger partial charge in [-0.05, 0) is 12.8 Å². The molecule has 0 aliphatic heterocycles. The van der Waals surface area contributed by atoms with Gasteiger partial charge >= 0.3 is 11.7 Å². The molecule has 0 amide bonds. The van der Waals surface area contributed by atoms with Crippen molar-refractivity contribution in [3.8, 4) is 0 Å². The van der Waals surface area contributed by atoms with E-state index in [9.17, 15) is 9.59 Å². The fraction of sp³-hybridized carbons (Fsp3) is 0.375. The first-order valence-corrected chi connectivity index (χ1v) is 4.26. The monoisotopic (exact) mass is 195 g/mol. The molecule has 6 nitrogen and oxygen atoms in total. The summed E-state index contributed by atoms with van der Waals surface area (Å²) >= 11 is 0.